The van der Waals surface area contributed by atoms with E-state index in [1.165, 1.54) is 12.1 Å². The Labute approximate surface area is 183 Å². The second kappa shape index (κ2) is 8.79. The van der Waals surface area contributed by atoms with Crippen LogP contribution in [0, 0.1) is 5.82 Å². The zero-order chi connectivity index (χ0) is 22.0. The molecule has 0 spiro atoms. The molecular weight excluding hydrogens is 421 g/mol. The Morgan fingerprint density at radius 2 is 2.06 bits per heavy atom. The van der Waals surface area contributed by atoms with Gasteiger partial charge in [0.25, 0.3) is 0 Å². The summed E-state index contributed by atoms with van der Waals surface area (Å²) in [6.07, 6.45) is 1.67. The standard InChI is InChI=1S/C22H21ClFN5O2/c1-29(2)9-10-30-18-12-14-19(27-13-6-7-16(24)15(23)11-13)22(25)31-21(14)20(28-18)17-5-3-4-8-26-17/h3-8,11-12,27H,9-10,25H2,1-2H3. The van der Waals surface area contributed by atoms with E-state index in [1.807, 2.05) is 37.2 Å². The number of rotatable bonds is 7. The van der Waals surface area contributed by atoms with Crippen molar-refractivity contribution in [2.75, 3.05) is 38.3 Å². The second-order valence-electron chi connectivity index (χ2n) is 7.15. The minimum Gasteiger partial charge on any atom is -0.476 e. The molecule has 160 valence electrons. The van der Waals surface area contributed by atoms with Gasteiger partial charge >= 0.3 is 0 Å². The van der Waals surface area contributed by atoms with E-state index in [0.29, 0.717) is 46.2 Å². The van der Waals surface area contributed by atoms with Gasteiger partial charge in [-0.3, -0.25) is 4.98 Å². The fourth-order valence-corrected chi connectivity index (χ4v) is 3.20. The van der Waals surface area contributed by atoms with Gasteiger partial charge in [-0.1, -0.05) is 17.7 Å². The highest BCUT2D eigenvalue weighted by molar-refractivity contribution is 6.31. The summed E-state index contributed by atoms with van der Waals surface area (Å²) in [6, 6.07) is 11.6. The van der Waals surface area contributed by atoms with Gasteiger partial charge in [-0.2, -0.15) is 0 Å². The third-order valence-corrected chi connectivity index (χ3v) is 4.85. The second-order valence-corrected chi connectivity index (χ2v) is 7.55. The summed E-state index contributed by atoms with van der Waals surface area (Å²) in [4.78, 5) is 11.0. The number of hydrogen-bond acceptors (Lipinski definition) is 7. The largest absolute Gasteiger partial charge is 0.476 e. The highest BCUT2D eigenvalue weighted by atomic mass is 35.5. The van der Waals surface area contributed by atoms with E-state index in [-0.39, 0.29) is 10.9 Å². The Morgan fingerprint density at radius 1 is 1.23 bits per heavy atom. The number of furan rings is 1. The summed E-state index contributed by atoms with van der Waals surface area (Å²) in [5.41, 5.74) is 8.84. The smallest absolute Gasteiger partial charge is 0.215 e. The van der Waals surface area contributed by atoms with Crippen LogP contribution in [0.5, 0.6) is 5.88 Å². The van der Waals surface area contributed by atoms with Crippen LogP contribution in [0.2, 0.25) is 5.02 Å². The molecule has 0 atom stereocenters. The molecule has 1 aromatic carbocycles. The molecule has 31 heavy (non-hydrogen) atoms. The normalized spacial score (nSPS) is 11.3. The van der Waals surface area contributed by atoms with Crippen LogP contribution in [0.3, 0.4) is 0 Å². The first-order valence-corrected chi connectivity index (χ1v) is 9.94. The molecule has 0 aliphatic heterocycles. The number of ether oxygens (including phenoxy) is 1. The number of nitrogens with two attached hydrogens (primary N) is 1. The number of aromatic nitrogens is 2. The van der Waals surface area contributed by atoms with Crippen molar-refractivity contribution in [2.24, 2.45) is 0 Å². The van der Waals surface area contributed by atoms with Crippen LogP contribution in [0.4, 0.5) is 21.6 Å². The van der Waals surface area contributed by atoms with Crippen LogP contribution in [-0.4, -0.2) is 42.1 Å². The van der Waals surface area contributed by atoms with Gasteiger partial charge in [0, 0.05) is 24.5 Å². The van der Waals surface area contributed by atoms with Crippen LogP contribution in [0.25, 0.3) is 22.4 Å². The van der Waals surface area contributed by atoms with E-state index in [4.69, 9.17) is 26.5 Å². The molecule has 0 radical (unpaired) electrons. The number of nitrogen functional groups attached to an aromatic ring is 1. The number of hydrogen-bond donors (Lipinski definition) is 2. The first-order chi connectivity index (χ1) is 14.9. The van der Waals surface area contributed by atoms with Gasteiger partial charge in [0.05, 0.1) is 16.1 Å². The van der Waals surface area contributed by atoms with Gasteiger partial charge in [0.15, 0.2) is 5.58 Å². The topological polar surface area (TPSA) is 89.4 Å². The maximum atomic E-state index is 13.5. The first kappa shape index (κ1) is 20.9. The molecule has 0 saturated heterocycles. The van der Waals surface area contributed by atoms with Crippen LogP contribution < -0.4 is 15.8 Å². The molecule has 3 heterocycles. The third kappa shape index (κ3) is 4.55. The highest BCUT2D eigenvalue weighted by Gasteiger charge is 2.20. The molecule has 4 rings (SSSR count). The fourth-order valence-electron chi connectivity index (χ4n) is 3.02. The quantitative estimate of drug-likeness (QED) is 0.419. The highest BCUT2D eigenvalue weighted by Crippen LogP contribution is 2.41. The van der Waals surface area contributed by atoms with Gasteiger partial charge < -0.3 is 25.1 Å². The van der Waals surface area contributed by atoms with E-state index in [2.05, 4.69) is 15.3 Å². The molecule has 0 amide bonds. The molecule has 0 aliphatic rings. The molecule has 0 aliphatic carbocycles. The lowest BCUT2D eigenvalue weighted by Gasteiger charge is -2.12. The molecule has 4 aromatic rings. The third-order valence-electron chi connectivity index (χ3n) is 4.56. The average molecular weight is 442 g/mol. The first-order valence-electron chi connectivity index (χ1n) is 9.56. The van der Waals surface area contributed by atoms with Crippen molar-refractivity contribution in [3.8, 4) is 17.3 Å². The Kier molecular flexibility index (Phi) is 5.92. The van der Waals surface area contributed by atoms with Crippen molar-refractivity contribution in [3.63, 3.8) is 0 Å². The minimum atomic E-state index is -0.504. The lowest BCUT2D eigenvalue weighted by atomic mass is 10.1. The molecule has 3 N–H and O–H groups in total. The summed E-state index contributed by atoms with van der Waals surface area (Å²) in [7, 11) is 3.93. The van der Waals surface area contributed by atoms with Gasteiger partial charge in [0.2, 0.25) is 11.8 Å². The molecule has 0 fully saturated rings. The van der Waals surface area contributed by atoms with Gasteiger partial charge in [-0.15, -0.1) is 0 Å². The maximum absolute atomic E-state index is 13.5. The molecule has 0 saturated carbocycles. The maximum Gasteiger partial charge on any atom is 0.215 e. The molecule has 7 nitrogen and oxygen atoms in total. The zero-order valence-corrected chi connectivity index (χ0v) is 17.8. The molecular formula is C22H21ClFN5O2. The fraction of sp³-hybridized carbons (Fsp3) is 0.182. The number of likely N-dealkylation sites (N-methyl/N-ethyl adjacent to an activating group) is 1. The summed E-state index contributed by atoms with van der Waals surface area (Å²) in [6.45, 7) is 1.18. The van der Waals surface area contributed by atoms with Crippen LogP contribution in [0.1, 0.15) is 0 Å². The zero-order valence-electron chi connectivity index (χ0n) is 17.0. The summed E-state index contributed by atoms with van der Waals surface area (Å²) in [5, 5.41) is 3.82. The number of pyridine rings is 2. The van der Waals surface area contributed by atoms with Crippen molar-refractivity contribution in [1.29, 1.82) is 0 Å². The summed E-state index contributed by atoms with van der Waals surface area (Å²) < 4.78 is 25.3. The van der Waals surface area contributed by atoms with Crippen LogP contribution in [0.15, 0.2) is 53.1 Å². The van der Waals surface area contributed by atoms with Gasteiger partial charge in [-0.05, 0) is 44.4 Å². The Balaban J connectivity index is 1.81. The molecule has 9 heteroatoms. The molecule has 0 unspecified atom stereocenters. The van der Waals surface area contributed by atoms with Crippen molar-refractivity contribution in [1.82, 2.24) is 14.9 Å². The van der Waals surface area contributed by atoms with Crippen molar-refractivity contribution >= 4 is 39.8 Å². The number of nitrogens with one attached hydrogen (secondary N) is 1. The Bertz CT molecular complexity index is 1210. The van der Waals surface area contributed by atoms with Gasteiger partial charge in [0.1, 0.15) is 23.8 Å². The van der Waals surface area contributed by atoms with E-state index in [9.17, 15) is 4.39 Å². The van der Waals surface area contributed by atoms with Crippen molar-refractivity contribution < 1.29 is 13.5 Å². The SMILES string of the molecule is CN(C)CCOc1cc2c(Nc3ccc(F)c(Cl)c3)c(N)oc2c(-c2ccccn2)n1. The number of benzene rings is 1. The van der Waals surface area contributed by atoms with Crippen molar-refractivity contribution in [3.05, 3.63) is 59.5 Å². The lowest BCUT2D eigenvalue weighted by Crippen LogP contribution is -2.19. The van der Waals surface area contributed by atoms with Gasteiger partial charge in [-0.25, -0.2) is 9.37 Å². The average Bonchev–Trinajstić information content (AvgIpc) is 3.06. The number of nitrogens with zero attached hydrogens (tertiary/aromatic N) is 3. The van der Waals surface area contributed by atoms with Crippen molar-refractivity contribution in [2.45, 2.75) is 0 Å². The summed E-state index contributed by atoms with van der Waals surface area (Å²) in [5.74, 6) is 0.0614. The van der Waals surface area contributed by atoms with E-state index in [1.54, 1.807) is 18.3 Å². The predicted octanol–water partition coefficient (Wildman–Crippen LogP) is 4.95. The van der Waals surface area contributed by atoms with E-state index >= 15 is 0 Å². The number of anilines is 3. The molecule has 3 aromatic heterocycles. The number of halogens is 2. The molecule has 0 bridgehead atoms. The minimum absolute atomic E-state index is 0.0000732. The monoisotopic (exact) mass is 441 g/mol. The predicted molar refractivity (Wildman–Crippen MR) is 120 cm³/mol. The summed E-state index contributed by atoms with van der Waals surface area (Å²) >= 11 is 5.91. The van der Waals surface area contributed by atoms with E-state index in [0.717, 1.165) is 6.54 Å². The number of fused-ring (bicyclic) bond motifs is 1. The lowest BCUT2D eigenvalue weighted by molar-refractivity contribution is 0.254. The Morgan fingerprint density at radius 3 is 2.77 bits per heavy atom. The van der Waals surface area contributed by atoms with Crippen LogP contribution >= 0.6 is 11.6 Å². The Hall–Kier alpha value is -3.36. The van der Waals surface area contributed by atoms with Crippen LogP contribution in [-0.2, 0) is 0 Å². The van der Waals surface area contributed by atoms with E-state index < -0.39 is 5.82 Å².